The highest BCUT2D eigenvalue weighted by Crippen LogP contribution is 2.24. The maximum atomic E-state index is 12.8. The number of pyridine rings is 1. The Morgan fingerprint density at radius 1 is 1.15 bits per heavy atom. The molecular formula is C20H29N5O. The Bertz CT molecular complexity index is 770. The van der Waals surface area contributed by atoms with Gasteiger partial charge >= 0.3 is 0 Å². The molecule has 6 nitrogen and oxygen atoms in total. The molecular weight excluding hydrogens is 326 g/mol. The third-order valence-corrected chi connectivity index (χ3v) is 5.66. The molecule has 2 fully saturated rings. The van der Waals surface area contributed by atoms with Crippen LogP contribution in [0.2, 0.25) is 0 Å². The van der Waals surface area contributed by atoms with Gasteiger partial charge in [-0.15, -0.1) is 0 Å². The van der Waals surface area contributed by atoms with Crippen molar-refractivity contribution in [3.05, 3.63) is 23.9 Å². The van der Waals surface area contributed by atoms with E-state index in [9.17, 15) is 4.79 Å². The van der Waals surface area contributed by atoms with Gasteiger partial charge < -0.3 is 20.1 Å². The molecule has 1 amide bonds. The maximum Gasteiger partial charge on any atom is 0.253 e. The van der Waals surface area contributed by atoms with Crippen LogP contribution in [0, 0.1) is 0 Å². The summed E-state index contributed by atoms with van der Waals surface area (Å²) in [6.07, 6.45) is 8.99. The zero-order valence-electron chi connectivity index (χ0n) is 15.6. The minimum atomic E-state index is 0.0202. The molecule has 26 heavy (non-hydrogen) atoms. The molecule has 0 radical (unpaired) electrons. The molecule has 6 heteroatoms. The molecule has 0 unspecified atom stereocenters. The first kappa shape index (κ1) is 17.3. The van der Waals surface area contributed by atoms with Crippen LogP contribution in [-0.4, -0.2) is 47.7 Å². The number of amides is 1. The van der Waals surface area contributed by atoms with Crippen LogP contribution >= 0.6 is 0 Å². The lowest BCUT2D eigenvalue weighted by Gasteiger charge is -2.23. The summed E-state index contributed by atoms with van der Waals surface area (Å²) in [7, 11) is 1.98. The van der Waals surface area contributed by atoms with Gasteiger partial charge in [-0.05, 0) is 50.9 Å². The summed E-state index contributed by atoms with van der Waals surface area (Å²) < 4.78 is 1.98. The van der Waals surface area contributed by atoms with Crippen molar-refractivity contribution in [2.45, 2.75) is 44.6 Å². The molecule has 2 N–H and O–H groups in total. The van der Waals surface area contributed by atoms with E-state index >= 15 is 0 Å². The smallest absolute Gasteiger partial charge is 0.253 e. The van der Waals surface area contributed by atoms with E-state index in [4.69, 9.17) is 4.98 Å². The van der Waals surface area contributed by atoms with Crippen LogP contribution in [0.15, 0.2) is 18.3 Å². The number of carbonyl (C=O) groups is 1. The Kier molecular flexibility index (Phi) is 5.11. The summed E-state index contributed by atoms with van der Waals surface area (Å²) in [6, 6.07) is 4.41. The molecule has 0 spiro atoms. The van der Waals surface area contributed by atoms with Crippen LogP contribution in [0.25, 0.3) is 11.0 Å². The van der Waals surface area contributed by atoms with Crippen molar-refractivity contribution in [1.29, 1.82) is 0 Å². The monoisotopic (exact) mass is 355 g/mol. The fourth-order valence-corrected chi connectivity index (χ4v) is 4.13. The first-order valence-corrected chi connectivity index (χ1v) is 9.95. The van der Waals surface area contributed by atoms with Gasteiger partial charge in [-0.3, -0.25) is 4.79 Å². The second-order valence-electron chi connectivity index (χ2n) is 7.59. The Morgan fingerprint density at radius 3 is 2.62 bits per heavy atom. The largest absolute Gasteiger partial charge is 0.357 e. The number of aromatic nitrogens is 2. The average Bonchev–Trinajstić information content (AvgIpc) is 2.84. The van der Waals surface area contributed by atoms with E-state index in [1.54, 1.807) is 0 Å². The standard InChI is InChI=1S/C20H29N5O/c1-24-14-17(20(26)22-15-8-10-21-11-9-15)16-6-7-18(23-19(16)24)25-12-4-2-3-5-13-25/h6-7,14-15,21H,2-5,8-13H2,1H3,(H,22,26). The van der Waals surface area contributed by atoms with Gasteiger partial charge in [-0.1, -0.05) is 12.8 Å². The summed E-state index contributed by atoms with van der Waals surface area (Å²) in [4.78, 5) is 20.1. The number of anilines is 1. The normalized spacial score (nSPS) is 19.5. The van der Waals surface area contributed by atoms with Crippen LogP contribution in [0.1, 0.15) is 48.9 Å². The van der Waals surface area contributed by atoms with Gasteiger partial charge in [0.25, 0.3) is 5.91 Å². The first-order valence-electron chi connectivity index (χ1n) is 9.95. The van der Waals surface area contributed by atoms with Gasteiger partial charge in [0, 0.05) is 37.8 Å². The van der Waals surface area contributed by atoms with Crippen molar-refractivity contribution < 1.29 is 4.79 Å². The Balaban J connectivity index is 1.57. The summed E-state index contributed by atoms with van der Waals surface area (Å²) in [5, 5.41) is 7.47. The van der Waals surface area contributed by atoms with E-state index < -0.39 is 0 Å². The third-order valence-electron chi connectivity index (χ3n) is 5.66. The Labute approximate surface area is 155 Å². The van der Waals surface area contributed by atoms with Crippen LogP contribution < -0.4 is 15.5 Å². The fourth-order valence-electron chi connectivity index (χ4n) is 4.13. The molecule has 2 aromatic heterocycles. The van der Waals surface area contributed by atoms with Crippen molar-refractivity contribution in [3.8, 4) is 0 Å². The number of hydrogen-bond acceptors (Lipinski definition) is 4. The number of rotatable bonds is 3. The summed E-state index contributed by atoms with van der Waals surface area (Å²) in [6.45, 7) is 4.10. The van der Waals surface area contributed by atoms with Gasteiger partial charge in [0.05, 0.1) is 5.56 Å². The van der Waals surface area contributed by atoms with E-state index in [2.05, 4.69) is 27.7 Å². The van der Waals surface area contributed by atoms with E-state index in [0.717, 1.165) is 61.4 Å². The third kappa shape index (κ3) is 3.56. The van der Waals surface area contributed by atoms with Gasteiger partial charge in [-0.2, -0.15) is 0 Å². The summed E-state index contributed by atoms with van der Waals surface area (Å²) >= 11 is 0. The lowest BCUT2D eigenvalue weighted by Crippen LogP contribution is -2.42. The molecule has 4 heterocycles. The Morgan fingerprint density at radius 2 is 1.88 bits per heavy atom. The second-order valence-corrected chi connectivity index (χ2v) is 7.59. The predicted molar refractivity (Wildman–Crippen MR) is 105 cm³/mol. The Hall–Kier alpha value is -2.08. The van der Waals surface area contributed by atoms with Gasteiger partial charge in [0.1, 0.15) is 11.5 Å². The predicted octanol–water partition coefficient (Wildman–Crippen LogP) is 2.44. The van der Waals surface area contributed by atoms with Gasteiger partial charge in [0.15, 0.2) is 0 Å². The lowest BCUT2D eigenvalue weighted by atomic mass is 10.1. The fraction of sp³-hybridized carbons (Fsp3) is 0.600. The number of piperidine rings is 1. The summed E-state index contributed by atoms with van der Waals surface area (Å²) in [5.41, 5.74) is 1.62. The number of carbonyl (C=O) groups excluding carboxylic acids is 1. The lowest BCUT2D eigenvalue weighted by molar-refractivity contribution is 0.0931. The molecule has 2 saturated heterocycles. The quantitative estimate of drug-likeness (QED) is 0.888. The van der Waals surface area contributed by atoms with Gasteiger partial charge in [-0.25, -0.2) is 4.98 Å². The number of nitrogens with one attached hydrogen (secondary N) is 2. The topological polar surface area (TPSA) is 62.2 Å². The number of aryl methyl sites for hydroxylation is 1. The van der Waals surface area contributed by atoms with E-state index in [1.807, 2.05) is 17.8 Å². The van der Waals surface area contributed by atoms with Crippen molar-refractivity contribution in [2.75, 3.05) is 31.1 Å². The molecule has 2 aliphatic rings. The SMILES string of the molecule is Cn1cc(C(=O)NC2CCNCC2)c2ccc(N3CCCCCC3)nc21. The minimum absolute atomic E-state index is 0.0202. The average molecular weight is 355 g/mol. The second kappa shape index (κ2) is 7.66. The zero-order valence-corrected chi connectivity index (χ0v) is 15.6. The van der Waals surface area contributed by atoms with E-state index in [0.29, 0.717) is 0 Å². The molecule has 0 bridgehead atoms. The molecule has 0 aromatic carbocycles. The molecule has 0 aliphatic carbocycles. The van der Waals surface area contributed by atoms with Crippen molar-refractivity contribution in [1.82, 2.24) is 20.2 Å². The molecule has 0 atom stereocenters. The molecule has 2 aromatic rings. The first-order chi connectivity index (χ1) is 12.7. The highest BCUT2D eigenvalue weighted by Gasteiger charge is 2.21. The number of hydrogen-bond donors (Lipinski definition) is 2. The van der Waals surface area contributed by atoms with Crippen molar-refractivity contribution in [2.24, 2.45) is 7.05 Å². The maximum absolute atomic E-state index is 12.8. The van der Waals surface area contributed by atoms with Crippen LogP contribution in [-0.2, 0) is 7.05 Å². The number of nitrogens with zero attached hydrogens (tertiary/aromatic N) is 3. The van der Waals surface area contributed by atoms with Crippen LogP contribution in [0.5, 0.6) is 0 Å². The van der Waals surface area contributed by atoms with E-state index in [1.165, 1.54) is 25.7 Å². The van der Waals surface area contributed by atoms with Crippen LogP contribution in [0.3, 0.4) is 0 Å². The highest BCUT2D eigenvalue weighted by molar-refractivity contribution is 6.06. The highest BCUT2D eigenvalue weighted by atomic mass is 16.1. The zero-order chi connectivity index (χ0) is 17.9. The molecule has 0 saturated carbocycles. The summed E-state index contributed by atoms with van der Waals surface area (Å²) in [5.74, 6) is 1.05. The number of fused-ring (bicyclic) bond motifs is 1. The van der Waals surface area contributed by atoms with E-state index in [-0.39, 0.29) is 11.9 Å². The molecule has 4 rings (SSSR count). The van der Waals surface area contributed by atoms with Crippen LogP contribution in [0.4, 0.5) is 5.82 Å². The molecule has 2 aliphatic heterocycles. The van der Waals surface area contributed by atoms with Crippen molar-refractivity contribution in [3.63, 3.8) is 0 Å². The van der Waals surface area contributed by atoms with Crippen molar-refractivity contribution >= 4 is 22.8 Å². The molecule has 140 valence electrons. The van der Waals surface area contributed by atoms with Gasteiger partial charge in [0.2, 0.25) is 0 Å². The minimum Gasteiger partial charge on any atom is -0.357 e.